The molecule has 0 aliphatic carbocycles. The number of aryl methyl sites for hydroxylation is 2. The van der Waals surface area contributed by atoms with Gasteiger partial charge < -0.3 is 14.8 Å². The Balaban J connectivity index is 1.95. The molecule has 0 bridgehead atoms. The highest BCUT2D eigenvalue weighted by Gasteiger charge is 2.29. The molecule has 1 atom stereocenters. The fraction of sp³-hybridized carbons (Fsp3) is 0.296. The highest BCUT2D eigenvalue weighted by atomic mass is 32.2. The van der Waals surface area contributed by atoms with E-state index >= 15 is 0 Å². The molecule has 0 aromatic heterocycles. The number of rotatable bonds is 10. The van der Waals surface area contributed by atoms with Crippen LogP contribution in [0.1, 0.15) is 29.7 Å². The molecule has 3 aromatic rings. The Morgan fingerprint density at radius 1 is 0.842 bits per heavy atom. The minimum absolute atomic E-state index is 0.0634. The molecule has 0 fully saturated rings. The van der Waals surface area contributed by atoms with Crippen molar-refractivity contribution in [2.45, 2.75) is 36.6 Å². The lowest BCUT2D eigenvalue weighted by atomic mass is 10.1. The number of hydrogen-bond donors (Lipinski definition) is 1. The summed E-state index contributed by atoms with van der Waals surface area (Å²) in [5.74, 6) is 0.0790. The van der Waals surface area contributed by atoms with Crippen LogP contribution >= 0.6 is 0 Å². The number of sulfone groups is 1. The maximum Gasteiger partial charge on any atom is 0.264 e. The Morgan fingerprint density at radius 2 is 1.39 bits per heavy atom. The molecule has 0 heterocycles. The van der Waals surface area contributed by atoms with Gasteiger partial charge in [0.15, 0.2) is 21.3 Å². The van der Waals surface area contributed by atoms with Gasteiger partial charge in [0.2, 0.25) is 5.91 Å². The number of ether oxygens (including phenoxy) is 2. The van der Waals surface area contributed by atoms with Crippen LogP contribution in [0.5, 0.6) is 11.5 Å². The molecule has 1 N–H and O–H groups in total. The largest absolute Gasteiger partial charge is 0.493 e. The molecule has 204 valence electrons. The summed E-state index contributed by atoms with van der Waals surface area (Å²) in [6.45, 7) is 4.95. The molecule has 11 heteroatoms. The molecular formula is C27H32N2O7S2. The predicted molar refractivity (Wildman–Crippen MR) is 146 cm³/mol. The van der Waals surface area contributed by atoms with Crippen molar-refractivity contribution in [3.05, 3.63) is 77.4 Å². The third-order valence-corrected chi connectivity index (χ3v) is 8.81. The van der Waals surface area contributed by atoms with Gasteiger partial charge in [0.25, 0.3) is 10.0 Å². The average molecular weight is 561 g/mol. The zero-order valence-corrected chi connectivity index (χ0v) is 23.8. The van der Waals surface area contributed by atoms with E-state index in [1.807, 2.05) is 19.9 Å². The SMILES string of the molecule is COc1ccc(S(=O)(=O)N(CC(=O)N[C@@H](C)c2ccc(S(C)(=O)=O)cc2)c2cc(C)cc(C)c2)cc1OC. The van der Waals surface area contributed by atoms with Crippen molar-refractivity contribution >= 4 is 31.5 Å². The highest BCUT2D eigenvalue weighted by Crippen LogP contribution is 2.32. The minimum Gasteiger partial charge on any atom is -0.493 e. The fourth-order valence-corrected chi connectivity index (χ4v) is 6.07. The molecule has 0 spiro atoms. The highest BCUT2D eigenvalue weighted by molar-refractivity contribution is 7.93. The van der Waals surface area contributed by atoms with E-state index in [9.17, 15) is 21.6 Å². The molecule has 0 saturated heterocycles. The molecule has 0 unspecified atom stereocenters. The molecule has 38 heavy (non-hydrogen) atoms. The van der Waals surface area contributed by atoms with Crippen LogP contribution in [-0.2, 0) is 24.7 Å². The lowest BCUT2D eigenvalue weighted by Gasteiger charge is -2.26. The van der Waals surface area contributed by atoms with Gasteiger partial charge in [0, 0.05) is 12.3 Å². The van der Waals surface area contributed by atoms with E-state index in [1.54, 1.807) is 31.2 Å². The fourth-order valence-electron chi connectivity index (χ4n) is 4.02. The zero-order valence-electron chi connectivity index (χ0n) is 22.2. The number of methoxy groups -OCH3 is 2. The minimum atomic E-state index is -4.19. The second-order valence-corrected chi connectivity index (χ2v) is 12.9. The van der Waals surface area contributed by atoms with Crippen LogP contribution in [0.4, 0.5) is 5.69 Å². The van der Waals surface area contributed by atoms with Crippen molar-refractivity contribution in [1.82, 2.24) is 5.32 Å². The molecule has 3 aromatic carbocycles. The van der Waals surface area contributed by atoms with E-state index in [0.717, 1.165) is 21.7 Å². The van der Waals surface area contributed by atoms with E-state index in [0.29, 0.717) is 17.0 Å². The molecule has 0 saturated carbocycles. The Hall–Kier alpha value is -3.57. The third kappa shape index (κ3) is 6.65. The van der Waals surface area contributed by atoms with Gasteiger partial charge in [-0.25, -0.2) is 16.8 Å². The van der Waals surface area contributed by atoms with Crippen molar-refractivity contribution in [2.75, 3.05) is 31.3 Å². The smallest absolute Gasteiger partial charge is 0.264 e. The Kier molecular flexibility index (Phi) is 8.73. The van der Waals surface area contributed by atoms with Crippen LogP contribution in [-0.4, -0.2) is 49.8 Å². The number of nitrogens with zero attached hydrogens (tertiary/aromatic N) is 1. The number of hydrogen-bond acceptors (Lipinski definition) is 7. The first kappa shape index (κ1) is 29.0. The number of amides is 1. The molecule has 9 nitrogen and oxygen atoms in total. The van der Waals surface area contributed by atoms with E-state index < -0.39 is 38.4 Å². The average Bonchev–Trinajstić information content (AvgIpc) is 2.85. The third-order valence-electron chi connectivity index (χ3n) is 5.91. The van der Waals surface area contributed by atoms with Crippen LogP contribution < -0.4 is 19.1 Å². The van der Waals surface area contributed by atoms with Gasteiger partial charge in [-0.15, -0.1) is 0 Å². The number of sulfonamides is 1. The van der Waals surface area contributed by atoms with E-state index in [-0.39, 0.29) is 15.5 Å². The Bertz CT molecular complexity index is 1510. The number of carbonyl (C=O) groups is 1. The summed E-state index contributed by atoms with van der Waals surface area (Å²) in [4.78, 5) is 13.3. The van der Waals surface area contributed by atoms with Crippen LogP contribution in [0, 0.1) is 13.8 Å². The summed E-state index contributed by atoms with van der Waals surface area (Å²) in [5.41, 5.74) is 2.70. The molecule has 1 amide bonds. The lowest BCUT2D eigenvalue weighted by molar-refractivity contribution is -0.120. The first-order valence-corrected chi connectivity index (χ1v) is 15.0. The van der Waals surface area contributed by atoms with Crippen LogP contribution in [0.2, 0.25) is 0 Å². The van der Waals surface area contributed by atoms with Crippen molar-refractivity contribution in [1.29, 1.82) is 0 Å². The number of nitrogens with one attached hydrogen (secondary N) is 1. The molecular weight excluding hydrogens is 528 g/mol. The number of benzene rings is 3. The van der Waals surface area contributed by atoms with E-state index in [4.69, 9.17) is 9.47 Å². The standard InChI is InChI=1S/C27H32N2O7S2/c1-18-13-19(2)15-22(14-18)29(38(33,34)24-11-12-25(35-4)26(16-24)36-5)17-27(30)28-20(3)21-7-9-23(10-8-21)37(6,31)32/h7-16,20H,17H2,1-6H3,(H,28,30)/t20-/m0/s1. The first-order chi connectivity index (χ1) is 17.8. The second kappa shape index (κ2) is 11.4. The summed E-state index contributed by atoms with van der Waals surface area (Å²) in [5, 5.41) is 2.81. The summed E-state index contributed by atoms with van der Waals surface area (Å²) >= 11 is 0. The van der Waals surface area contributed by atoms with Gasteiger partial charge in [0.1, 0.15) is 6.54 Å². The van der Waals surface area contributed by atoms with Crippen molar-refractivity contribution in [3.63, 3.8) is 0 Å². The van der Waals surface area contributed by atoms with Gasteiger partial charge in [-0.1, -0.05) is 18.2 Å². The first-order valence-electron chi connectivity index (χ1n) is 11.7. The van der Waals surface area contributed by atoms with E-state index in [1.165, 1.54) is 44.6 Å². The van der Waals surface area contributed by atoms with Crippen molar-refractivity contribution in [2.24, 2.45) is 0 Å². The van der Waals surface area contributed by atoms with Crippen LogP contribution in [0.3, 0.4) is 0 Å². The van der Waals surface area contributed by atoms with Gasteiger partial charge in [-0.3, -0.25) is 9.10 Å². The second-order valence-electron chi connectivity index (χ2n) is 9.00. The van der Waals surface area contributed by atoms with Gasteiger partial charge in [-0.2, -0.15) is 0 Å². The Labute approximate surface area is 224 Å². The Morgan fingerprint density at radius 3 is 1.92 bits per heavy atom. The maximum atomic E-state index is 13.8. The van der Waals surface area contributed by atoms with Crippen LogP contribution in [0.15, 0.2) is 70.5 Å². The van der Waals surface area contributed by atoms with Crippen molar-refractivity contribution in [3.8, 4) is 11.5 Å². The summed E-state index contributed by atoms with van der Waals surface area (Å²) in [7, 11) is -4.68. The predicted octanol–water partition coefficient (Wildman–Crippen LogP) is 3.80. The van der Waals surface area contributed by atoms with Crippen molar-refractivity contribution < 1.29 is 31.1 Å². The summed E-state index contributed by atoms with van der Waals surface area (Å²) < 4.78 is 62.7. The quantitative estimate of drug-likeness (QED) is 0.401. The normalized spacial score (nSPS) is 12.5. The van der Waals surface area contributed by atoms with Gasteiger partial charge in [0.05, 0.1) is 35.7 Å². The topological polar surface area (TPSA) is 119 Å². The van der Waals surface area contributed by atoms with E-state index in [2.05, 4.69) is 5.32 Å². The number of carbonyl (C=O) groups excluding carboxylic acids is 1. The summed E-state index contributed by atoms with van der Waals surface area (Å²) in [6.07, 6.45) is 1.12. The summed E-state index contributed by atoms with van der Waals surface area (Å²) in [6, 6.07) is 15.2. The zero-order chi connectivity index (χ0) is 28.3. The monoisotopic (exact) mass is 560 g/mol. The number of anilines is 1. The van der Waals surface area contributed by atoms with Gasteiger partial charge >= 0.3 is 0 Å². The molecule has 0 radical (unpaired) electrons. The van der Waals surface area contributed by atoms with Gasteiger partial charge in [-0.05, 0) is 73.9 Å². The van der Waals surface area contributed by atoms with Crippen LogP contribution in [0.25, 0.3) is 0 Å². The molecule has 0 aliphatic heterocycles. The maximum absolute atomic E-state index is 13.8. The lowest BCUT2D eigenvalue weighted by Crippen LogP contribution is -2.41. The molecule has 0 aliphatic rings. The molecule has 3 rings (SSSR count).